The van der Waals surface area contributed by atoms with Gasteiger partial charge in [0.25, 0.3) is 0 Å². The van der Waals surface area contributed by atoms with E-state index in [1.54, 1.807) is 0 Å². The van der Waals surface area contributed by atoms with E-state index >= 15 is 0 Å². The number of primary sulfonamides is 1. The van der Waals surface area contributed by atoms with Crippen molar-refractivity contribution < 1.29 is 39.5 Å². The van der Waals surface area contributed by atoms with Crippen molar-refractivity contribution in [2.24, 2.45) is 5.14 Å². The molecule has 0 aliphatic heterocycles. The summed E-state index contributed by atoms with van der Waals surface area (Å²) >= 11 is 0. The largest absolute Gasteiger partial charge is 0.573 e. The van der Waals surface area contributed by atoms with E-state index in [9.17, 15) is 34.8 Å². The molecule has 1 atom stereocenters. The summed E-state index contributed by atoms with van der Waals surface area (Å²) in [7, 11) is -5.01. The number of rotatable bonds is 3. The van der Waals surface area contributed by atoms with Crippen molar-refractivity contribution >= 4 is 10.0 Å². The highest BCUT2D eigenvalue weighted by Crippen LogP contribution is 2.38. The lowest BCUT2D eigenvalue weighted by molar-refractivity contribution is -0.274. The molecule has 0 radical (unpaired) electrons. The molecule has 0 aromatic heterocycles. The summed E-state index contributed by atoms with van der Waals surface area (Å²) in [5.74, 6) is -0.781. The summed E-state index contributed by atoms with van der Waals surface area (Å²) in [5.41, 5.74) is -0.811. The van der Waals surface area contributed by atoms with Crippen molar-refractivity contribution in [2.75, 3.05) is 0 Å². The molecule has 0 heterocycles. The zero-order valence-corrected chi connectivity index (χ0v) is 10.2. The van der Waals surface area contributed by atoms with E-state index in [4.69, 9.17) is 0 Å². The van der Waals surface area contributed by atoms with Gasteiger partial charge in [-0.1, -0.05) is 12.1 Å². The van der Waals surface area contributed by atoms with Gasteiger partial charge in [-0.25, -0.2) is 13.6 Å². The summed E-state index contributed by atoms with van der Waals surface area (Å²) in [6, 6.07) is 2.22. The third kappa shape index (κ3) is 4.56. The van der Waals surface area contributed by atoms with Crippen LogP contribution in [0, 0.1) is 0 Å². The smallest absolute Gasteiger partial charge is 0.406 e. The summed E-state index contributed by atoms with van der Waals surface area (Å²) in [6.07, 6.45) is -10.2. The molecule has 20 heavy (non-hydrogen) atoms. The average molecular weight is 323 g/mol. The molecule has 2 N–H and O–H groups in total. The van der Waals surface area contributed by atoms with Crippen LogP contribution in [0.4, 0.5) is 26.3 Å². The third-order valence-electron chi connectivity index (χ3n) is 2.04. The van der Waals surface area contributed by atoms with Gasteiger partial charge in [0, 0.05) is 0 Å². The Balaban J connectivity index is 3.13. The van der Waals surface area contributed by atoms with Gasteiger partial charge in [-0.3, -0.25) is 0 Å². The number of sulfonamides is 1. The normalized spacial score (nSPS) is 14.9. The average Bonchev–Trinajstić information content (AvgIpc) is 2.14. The first-order valence-corrected chi connectivity index (χ1v) is 6.36. The molecule has 1 rings (SSSR count). The number of hydrogen-bond acceptors (Lipinski definition) is 3. The van der Waals surface area contributed by atoms with E-state index in [0.29, 0.717) is 24.3 Å². The van der Waals surface area contributed by atoms with Crippen LogP contribution in [-0.4, -0.2) is 21.0 Å². The van der Waals surface area contributed by atoms with E-state index in [-0.39, 0.29) is 0 Å². The zero-order chi connectivity index (χ0) is 15.8. The van der Waals surface area contributed by atoms with Crippen LogP contribution in [0.3, 0.4) is 0 Å². The fourth-order valence-corrected chi connectivity index (χ4v) is 2.32. The molecular weight excluding hydrogens is 316 g/mol. The van der Waals surface area contributed by atoms with Gasteiger partial charge in [0.2, 0.25) is 10.0 Å². The van der Waals surface area contributed by atoms with Crippen LogP contribution in [0.1, 0.15) is 10.8 Å². The molecule has 11 heteroatoms. The minimum Gasteiger partial charge on any atom is -0.406 e. The lowest BCUT2D eigenvalue weighted by Gasteiger charge is -2.18. The van der Waals surface area contributed by atoms with Gasteiger partial charge in [0.1, 0.15) is 5.75 Å². The van der Waals surface area contributed by atoms with E-state index in [2.05, 4.69) is 9.88 Å². The van der Waals surface area contributed by atoms with E-state index in [0.717, 1.165) is 0 Å². The van der Waals surface area contributed by atoms with Gasteiger partial charge in [-0.05, 0) is 17.7 Å². The first-order chi connectivity index (χ1) is 8.81. The first kappa shape index (κ1) is 16.6. The number of nitrogens with two attached hydrogens (primary N) is 1. The standard InChI is InChI=1S/C9H7F6NO3S/c10-8(11,12)7(20(16,17)18)5-1-3-6(4-2-5)19-9(13,14)15/h1-4,7H,(H2,16,17,18). The maximum Gasteiger partial charge on any atom is 0.573 e. The van der Waals surface area contributed by atoms with Crippen LogP contribution < -0.4 is 9.88 Å². The van der Waals surface area contributed by atoms with Crippen LogP contribution in [0.15, 0.2) is 24.3 Å². The minimum atomic E-state index is -5.19. The Kier molecular flexibility index (Phi) is 4.25. The lowest BCUT2D eigenvalue weighted by Crippen LogP contribution is -2.33. The molecule has 0 spiro atoms. The number of hydrogen-bond donors (Lipinski definition) is 1. The zero-order valence-electron chi connectivity index (χ0n) is 9.36. The van der Waals surface area contributed by atoms with Gasteiger partial charge in [0.05, 0.1) is 0 Å². The van der Waals surface area contributed by atoms with Crippen LogP contribution in [0.5, 0.6) is 5.75 Å². The van der Waals surface area contributed by atoms with Crippen LogP contribution in [0.2, 0.25) is 0 Å². The van der Waals surface area contributed by atoms with Crippen molar-refractivity contribution in [1.82, 2.24) is 0 Å². The Morgan fingerprint density at radius 2 is 1.45 bits per heavy atom. The van der Waals surface area contributed by atoms with Crippen molar-refractivity contribution in [3.63, 3.8) is 0 Å². The SMILES string of the molecule is NS(=O)(=O)C(c1ccc(OC(F)(F)F)cc1)C(F)(F)F. The van der Waals surface area contributed by atoms with Crippen LogP contribution in [0.25, 0.3) is 0 Å². The molecule has 0 saturated heterocycles. The second-order valence-electron chi connectivity index (χ2n) is 3.63. The Labute approximate surface area is 109 Å². The lowest BCUT2D eigenvalue weighted by atomic mass is 10.1. The molecule has 1 aromatic rings. The summed E-state index contributed by atoms with van der Waals surface area (Å²) in [4.78, 5) is 0. The van der Waals surface area contributed by atoms with Gasteiger partial charge in [-0.15, -0.1) is 13.2 Å². The Morgan fingerprint density at radius 1 is 1.00 bits per heavy atom. The molecule has 1 aromatic carbocycles. The molecule has 0 amide bonds. The highest BCUT2D eigenvalue weighted by atomic mass is 32.2. The molecule has 114 valence electrons. The predicted molar refractivity (Wildman–Crippen MR) is 55.0 cm³/mol. The topological polar surface area (TPSA) is 69.4 Å². The third-order valence-corrected chi connectivity index (χ3v) is 3.24. The van der Waals surface area contributed by atoms with Crippen molar-refractivity contribution in [3.05, 3.63) is 29.8 Å². The van der Waals surface area contributed by atoms with Crippen LogP contribution in [-0.2, 0) is 10.0 Å². The fraction of sp³-hybridized carbons (Fsp3) is 0.333. The van der Waals surface area contributed by atoms with Crippen LogP contribution >= 0.6 is 0 Å². The minimum absolute atomic E-state index is 0.545. The first-order valence-electron chi connectivity index (χ1n) is 4.75. The highest BCUT2D eigenvalue weighted by molar-refractivity contribution is 7.89. The van der Waals surface area contributed by atoms with Crippen molar-refractivity contribution in [3.8, 4) is 5.75 Å². The molecular formula is C9H7F6NO3S. The van der Waals surface area contributed by atoms with Gasteiger partial charge < -0.3 is 4.74 Å². The fourth-order valence-electron chi connectivity index (χ4n) is 1.41. The van der Waals surface area contributed by atoms with Crippen molar-refractivity contribution in [1.29, 1.82) is 0 Å². The molecule has 0 fully saturated rings. The summed E-state index contributed by atoms with van der Waals surface area (Å²) in [5, 5.41) is 1.46. The predicted octanol–water partition coefficient (Wildman–Crippen LogP) is 2.48. The second kappa shape index (κ2) is 5.13. The molecule has 0 aliphatic rings. The molecule has 4 nitrogen and oxygen atoms in total. The summed E-state index contributed by atoms with van der Waals surface area (Å²) < 4.78 is 98.7. The molecule has 0 bridgehead atoms. The highest BCUT2D eigenvalue weighted by Gasteiger charge is 2.48. The second-order valence-corrected chi connectivity index (χ2v) is 5.28. The summed E-state index contributed by atoms with van der Waals surface area (Å²) in [6.45, 7) is 0. The number of halogens is 6. The number of alkyl halides is 6. The maximum atomic E-state index is 12.6. The van der Waals surface area contributed by atoms with Gasteiger partial charge in [0.15, 0.2) is 5.25 Å². The quantitative estimate of drug-likeness (QED) is 0.869. The number of benzene rings is 1. The molecule has 1 unspecified atom stereocenters. The molecule has 0 aliphatic carbocycles. The molecule has 0 saturated carbocycles. The van der Waals surface area contributed by atoms with Gasteiger partial charge >= 0.3 is 12.5 Å². The van der Waals surface area contributed by atoms with E-state index < -0.39 is 39.1 Å². The Bertz CT molecular complexity index is 563. The van der Waals surface area contributed by atoms with Crippen molar-refractivity contribution in [2.45, 2.75) is 17.8 Å². The number of ether oxygens (including phenoxy) is 1. The Morgan fingerprint density at radius 3 is 1.75 bits per heavy atom. The maximum absolute atomic E-state index is 12.6. The van der Waals surface area contributed by atoms with E-state index in [1.165, 1.54) is 0 Å². The Hall–Kier alpha value is -1.49. The van der Waals surface area contributed by atoms with E-state index in [1.807, 2.05) is 0 Å². The van der Waals surface area contributed by atoms with Gasteiger partial charge in [-0.2, -0.15) is 13.2 Å². The monoisotopic (exact) mass is 323 g/mol.